The van der Waals surface area contributed by atoms with Gasteiger partial charge in [0.05, 0.1) is 11.7 Å². The zero-order chi connectivity index (χ0) is 15.5. The van der Waals surface area contributed by atoms with Crippen LogP contribution in [0.4, 0.5) is 10.5 Å². The molecule has 0 bridgehead atoms. The number of hydrogen-bond donors (Lipinski definition) is 3. The lowest BCUT2D eigenvalue weighted by molar-refractivity contribution is 0.249. The molecule has 2 aromatic carbocycles. The summed E-state index contributed by atoms with van der Waals surface area (Å²) in [6, 6.07) is 14.8. The number of anilines is 1. The number of hydrogen-bond acceptors (Lipinski definition) is 1. The van der Waals surface area contributed by atoms with Gasteiger partial charge in [-0.25, -0.2) is 4.79 Å². The maximum Gasteiger partial charge on any atom is 0.319 e. The number of carbonyl (C=O) groups excluding carboxylic acids is 1. The fourth-order valence-electron chi connectivity index (χ4n) is 2.38. The van der Waals surface area contributed by atoms with Gasteiger partial charge in [-0.3, -0.25) is 0 Å². The van der Waals surface area contributed by atoms with Crippen molar-refractivity contribution in [1.82, 2.24) is 10.3 Å². The largest absolute Gasteiger partial charge is 0.361 e. The second-order valence-corrected chi connectivity index (χ2v) is 5.55. The number of fused-ring (bicyclic) bond motifs is 1. The van der Waals surface area contributed by atoms with E-state index in [0.29, 0.717) is 5.02 Å². The highest BCUT2D eigenvalue weighted by Gasteiger charge is 2.11. The Labute approximate surface area is 133 Å². The zero-order valence-electron chi connectivity index (χ0n) is 12.1. The van der Waals surface area contributed by atoms with Crippen LogP contribution in [-0.4, -0.2) is 11.0 Å². The molecule has 1 atom stereocenters. The smallest absolute Gasteiger partial charge is 0.319 e. The van der Waals surface area contributed by atoms with Crippen molar-refractivity contribution in [3.8, 4) is 0 Å². The molecule has 0 saturated carbocycles. The predicted octanol–water partition coefficient (Wildman–Crippen LogP) is 4.70. The number of carbonyl (C=O) groups is 1. The van der Waals surface area contributed by atoms with E-state index in [4.69, 9.17) is 11.6 Å². The van der Waals surface area contributed by atoms with Crippen LogP contribution in [0, 0.1) is 0 Å². The summed E-state index contributed by atoms with van der Waals surface area (Å²) in [6.45, 7) is 1.93. The van der Waals surface area contributed by atoms with Gasteiger partial charge in [-0.1, -0.05) is 29.8 Å². The average Bonchev–Trinajstić information content (AvgIpc) is 2.97. The molecular weight excluding hydrogens is 298 g/mol. The second kappa shape index (κ2) is 6.12. The summed E-state index contributed by atoms with van der Waals surface area (Å²) < 4.78 is 0. The Morgan fingerprint density at radius 2 is 1.91 bits per heavy atom. The number of urea groups is 1. The van der Waals surface area contributed by atoms with Gasteiger partial charge in [0.1, 0.15) is 0 Å². The van der Waals surface area contributed by atoms with Crippen molar-refractivity contribution in [2.24, 2.45) is 0 Å². The molecule has 5 heteroatoms. The number of rotatable bonds is 3. The number of halogens is 1. The molecule has 1 aromatic heterocycles. The van der Waals surface area contributed by atoms with Gasteiger partial charge in [0.15, 0.2) is 0 Å². The molecule has 0 radical (unpaired) electrons. The Morgan fingerprint density at radius 1 is 1.14 bits per heavy atom. The fourth-order valence-corrected chi connectivity index (χ4v) is 2.51. The van der Waals surface area contributed by atoms with Gasteiger partial charge in [-0.15, -0.1) is 0 Å². The molecule has 22 heavy (non-hydrogen) atoms. The quantitative estimate of drug-likeness (QED) is 0.644. The Hall–Kier alpha value is -2.46. The summed E-state index contributed by atoms with van der Waals surface area (Å²) in [4.78, 5) is 15.3. The molecule has 0 aliphatic heterocycles. The van der Waals surface area contributed by atoms with Crippen molar-refractivity contribution in [3.63, 3.8) is 0 Å². The minimum absolute atomic E-state index is 0.109. The first kappa shape index (κ1) is 14.5. The van der Waals surface area contributed by atoms with Crippen LogP contribution in [0.3, 0.4) is 0 Å². The van der Waals surface area contributed by atoms with E-state index >= 15 is 0 Å². The van der Waals surface area contributed by atoms with Gasteiger partial charge < -0.3 is 15.6 Å². The van der Waals surface area contributed by atoms with Crippen LogP contribution in [0.1, 0.15) is 18.5 Å². The van der Waals surface area contributed by atoms with Crippen LogP contribution in [0.15, 0.2) is 54.7 Å². The number of amides is 2. The molecule has 0 aliphatic carbocycles. The molecule has 3 aromatic rings. The Kier molecular flexibility index (Phi) is 4.02. The number of aromatic nitrogens is 1. The minimum Gasteiger partial charge on any atom is -0.361 e. The zero-order valence-corrected chi connectivity index (χ0v) is 12.8. The van der Waals surface area contributed by atoms with Crippen molar-refractivity contribution < 1.29 is 4.79 Å². The number of H-pyrrole nitrogens is 1. The van der Waals surface area contributed by atoms with Gasteiger partial charge >= 0.3 is 6.03 Å². The highest BCUT2D eigenvalue weighted by atomic mass is 35.5. The SMILES string of the molecule is CC(NC(=O)Nc1cccc2[nH]ccc12)c1ccc(Cl)cc1. The standard InChI is InChI=1S/C17H16ClN3O/c1-11(12-5-7-13(18)8-6-12)20-17(22)21-16-4-2-3-15-14(16)9-10-19-15/h2-11,19H,1H3,(H2,20,21,22). The molecular formula is C17H16ClN3O. The van der Waals surface area contributed by atoms with Gasteiger partial charge in [-0.2, -0.15) is 0 Å². The summed E-state index contributed by atoms with van der Waals surface area (Å²) >= 11 is 5.87. The van der Waals surface area contributed by atoms with Crippen LogP contribution in [-0.2, 0) is 0 Å². The number of benzene rings is 2. The van der Waals surface area contributed by atoms with E-state index < -0.39 is 0 Å². The minimum atomic E-state index is -0.240. The molecule has 0 fully saturated rings. The third-order valence-electron chi connectivity index (χ3n) is 3.56. The summed E-state index contributed by atoms with van der Waals surface area (Å²) in [6.07, 6.45) is 1.85. The van der Waals surface area contributed by atoms with Crippen LogP contribution >= 0.6 is 11.6 Å². The van der Waals surface area contributed by atoms with Gasteiger partial charge in [-0.05, 0) is 42.8 Å². The first-order chi connectivity index (χ1) is 10.6. The molecule has 112 valence electrons. The third-order valence-corrected chi connectivity index (χ3v) is 3.81. The molecule has 0 saturated heterocycles. The van der Waals surface area contributed by atoms with E-state index in [-0.39, 0.29) is 12.1 Å². The summed E-state index contributed by atoms with van der Waals surface area (Å²) in [5.41, 5.74) is 2.77. The highest BCUT2D eigenvalue weighted by Crippen LogP contribution is 2.22. The molecule has 3 rings (SSSR count). The fraction of sp³-hybridized carbons (Fsp3) is 0.118. The van der Waals surface area contributed by atoms with Crippen molar-refractivity contribution in [2.45, 2.75) is 13.0 Å². The molecule has 4 nitrogen and oxygen atoms in total. The molecule has 1 heterocycles. The summed E-state index contributed by atoms with van der Waals surface area (Å²) in [7, 11) is 0. The predicted molar refractivity (Wildman–Crippen MR) is 90.3 cm³/mol. The van der Waals surface area contributed by atoms with Gasteiger partial charge in [0.2, 0.25) is 0 Å². The first-order valence-corrected chi connectivity index (χ1v) is 7.40. The number of aromatic amines is 1. The van der Waals surface area contributed by atoms with Crippen LogP contribution in [0.25, 0.3) is 10.9 Å². The monoisotopic (exact) mass is 313 g/mol. The molecule has 2 amide bonds. The van der Waals surface area contributed by atoms with Crippen LogP contribution in [0.5, 0.6) is 0 Å². The topological polar surface area (TPSA) is 56.9 Å². The first-order valence-electron chi connectivity index (χ1n) is 7.02. The normalized spacial score (nSPS) is 12.1. The second-order valence-electron chi connectivity index (χ2n) is 5.12. The number of nitrogens with one attached hydrogen (secondary N) is 3. The lowest BCUT2D eigenvalue weighted by Gasteiger charge is -2.15. The van der Waals surface area contributed by atoms with E-state index in [1.54, 1.807) is 0 Å². The maximum absolute atomic E-state index is 12.2. The third kappa shape index (κ3) is 3.07. The van der Waals surface area contributed by atoms with E-state index in [1.807, 2.05) is 61.7 Å². The summed E-state index contributed by atoms with van der Waals surface area (Å²) in [5.74, 6) is 0. The maximum atomic E-state index is 12.2. The molecule has 0 aliphatic rings. The van der Waals surface area contributed by atoms with Crippen molar-refractivity contribution in [3.05, 3.63) is 65.3 Å². The van der Waals surface area contributed by atoms with E-state index in [9.17, 15) is 4.79 Å². The van der Waals surface area contributed by atoms with Gasteiger partial charge in [0.25, 0.3) is 0 Å². The van der Waals surface area contributed by atoms with Crippen molar-refractivity contribution in [1.29, 1.82) is 0 Å². The van der Waals surface area contributed by atoms with Crippen LogP contribution < -0.4 is 10.6 Å². The Balaban J connectivity index is 1.69. The molecule has 3 N–H and O–H groups in total. The van der Waals surface area contributed by atoms with E-state index in [1.165, 1.54) is 0 Å². The molecule has 0 spiro atoms. The van der Waals surface area contributed by atoms with Crippen molar-refractivity contribution >= 4 is 34.2 Å². The highest BCUT2D eigenvalue weighted by molar-refractivity contribution is 6.30. The van der Waals surface area contributed by atoms with Gasteiger partial charge in [0, 0.05) is 22.1 Å². The Bertz CT molecular complexity index is 795. The Morgan fingerprint density at radius 3 is 2.68 bits per heavy atom. The molecule has 1 unspecified atom stereocenters. The van der Waals surface area contributed by atoms with Crippen LogP contribution in [0.2, 0.25) is 5.02 Å². The summed E-state index contributed by atoms with van der Waals surface area (Å²) in [5, 5.41) is 7.47. The van der Waals surface area contributed by atoms with Crippen molar-refractivity contribution in [2.75, 3.05) is 5.32 Å². The lowest BCUT2D eigenvalue weighted by atomic mass is 10.1. The average molecular weight is 314 g/mol. The van der Waals surface area contributed by atoms with E-state index in [2.05, 4.69) is 15.6 Å². The van der Waals surface area contributed by atoms with E-state index in [0.717, 1.165) is 22.2 Å². The lowest BCUT2D eigenvalue weighted by Crippen LogP contribution is -2.31.